The largest absolute Gasteiger partial charge is 0.331 e. The maximum Gasteiger partial charge on any atom is 0.251 e. The van der Waals surface area contributed by atoms with Gasteiger partial charge in [-0.15, -0.1) is 11.3 Å². The Hall–Kier alpha value is -2.70. The van der Waals surface area contributed by atoms with Gasteiger partial charge in [-0.25, -0.2) is 9.37 Å². The van der Waals surface area contributed by atoms with Crippen LogP contribution in [0.25, 0.3) is 10.9 Å². The van der Waals surface area contributed by atoms with Crippen LogP contribution in [0.1, 0.15) is 36.9 Å². The van der Waals surface area contributed by atoms with Crippen LogP contribution in [0.3, 0.4) is 0 Å². The number of anilines is 2. The van der Waals surface area contributed by atoms with Crippen LogP contribution in [0.5, 0.6) is 0 Å². The number of hydrogen-bond donors (Lipinski definition) is 2. The lowest BCUT2D eigenvalue weighted by molar-refractivity contribution is 0.568. The SMILES string of the molecule is CC(C)(C)c1nc(Nc2ccc(Cl)c(F)c2)sc1Cc1cc2ccccc2[nH]c1=O. The van der Waals surface area contributed by atoms with Crippen LogP contribution in [0, 0.1) is 5.82 Å². The molecule has 0 amide bonds. The van der Waals surface area contributed by atoms with Gasteiger partial charge < -0.3 is 10.3 Å². The molecule has 2 aromatic heterocycles. The fourth-order valence-corrected chi connectivity index (χ4v) is 4.64. The highest BCUT2D eigenvalue weighted by Crippen LogP contribution is 2.35. The minimum absolute atomic E-state index is 0.0753. The molecule has 0 saturated carbocycles. The highest BCUT2D eigenvalue weighted by molar-refractivity contribution is 7.15. The van der Waals surface area contributed by atoms with Crippen LogP contribution >= 0.6 is 22.9 Å². The summed E-state index contributed by atoms with van der Waals surface area (Å²) in [5, 5.41) is 4.87. The minimum Gasteiger partial charge on any atom is -0.331 e. The van der Waals surface area contributed by atoms with E-state index in [-0.39, 0.29) is 16.0 Å². The fourth-order valence-electron chi connectivity index (χ4n) is 3.31. The summed E-state index contributed by atoms with van der Waals surface area (Å²) in [5.74, 6) is -0.489. The van der Waals surface area contributed by atoms with Crippen molar-refractivity contribution in [1.82, 2.24) is 9.97 Å². The van der Waals surface area contributed by atoms with E-state index >= 15 is 0 Å². The molecule has 0 atom stereocenters. The van der Waals surface area contributed by atoms with Gasteiger partial charge in [0.15, 0.2) is 5.13 Å². The summed E-state index contributed by atoms with van der Waals surface area (Å²) in [7, 11) is 0. The number of aromatic amines is 1. The first kappa shape index (κ1) is 20.6. The number of halogens is 2. The van der Waals surface area contributed by atoms with Crippen molar-refractivity contribution in [3.63, 3.8) is 0 Å². The molecule has 2 heterocycles. The van der Waals surface area contributed by atoms with Crippen LogP contribution in [0.15, 0.2) is 53.3 Å². The van der Waals surface area contributed by atoms with E-state index in [2.05, 4.69) is 31.1 Å². The lowest BCUT2D eigenvalue weighted by Gasteiger charge is -2.17. The number of H-pyrrole nitrogens is 1. The highest BCUT2D eigenvalue weighted by atomic mass is 35.5. The number of nitrogens with one attached hydrogen (secondary N) is 2. The quantitative estimate of drug-likeness (QED) is 0.384. The van der Waals surface area contributed by atoms with Crippen molar-refractivity contribution in [1.29, 1.82) is 0 Å². The minimum atomic E-state index is -0.489. The number of fused-ring (bicyclic) bond motifs is 1. The van der Waals surface area contributed by atoms with E-state index in [1.54, 1.807) is 6.07 Å². The highest BCUT2D eigenvalue weighted by Gasteiger charge is 2.24. The Kier molecular flexibility index (Phi) is 5.38. The molecule has 2 aromatic carbocycles. The normalized spacial score (nSPS) is 11.8. The zero-order valence-corrected chi connectivity index (χ0v) is 18.4. The molecular formula is C23H21ClFN3OS. The molecule has 0 radical (unpaired) electrons. The predicted molar refractivity (Wildman–Crippen MR) is 123 cm³/mol. The summed E-state index contributed by atoms with van der Waals surface area (Å²) in [6.45, 7) is 6.26. The van der Waals surface area contributed by atoms with Gasteiger partial charge in [-0.05, 0) is 35.7 Å². The monoisotopic (exact) mass is 441 g/mol. The van der Waals surface area contributed by atoms with Crippen molar-refractivity contribution in [2.24, 2.45) is 0 Å². The third kappa shape index (κ3) is 4.25. The molecular weight excluding hydrogens is 421 g/mol. The molecule has 0 bridgehead atoms. The van der Waals surface area contributed by atoms with Gasteiger partial charge in [0.05, 0.1) is 10.7 Å². The number of pyridine rings is 1. The average molecular weight is 442 g/mol. The summed E-state index contributed by atoms with van der Waals surface area (Å²) < 4.78 is 13.8. The molecule has 0 aliphatic carbocycles. The van der Waals surface area contributed by atoms with E-state index in [1.807, 2.05) is 30.3 Å². The van der Waals surface area contributed by atoms with Crippen LogP contribution in [-0.4, -0.2) is 9.97 Å². The van der Waals surface area contributed by atoms with Crippen molar-refractivity contribution < 1.29 is 4.39 Å². The molecule has 2 N–H and O–H groups in total. The van der Waals surface area contributed by atoms with Gasteiger partial charge in [0, 0.05) is 33.5 Å². The van der Waals surface area contributed by atoms with E-state index in [1.165, 1.54) is 23.5 Å². The molecule has 154 valence electrons. The standard InChI is InChI=1S/C23H21ClFN3OS/c1-23(2,3)20-19(11-14-10-13-6-4-5-7-18(13)27-21(14)29)30-22(28-20)26-15-8-9-16(24)17(25)12-15/h4-10,12H,11H2,1-3H3,(H,26,28)(H,27,29). The van der Waals surface area contributed by atoms with Crippen molar-refractivity contribution in [3.05, 3.63) is 85.9 Å². The van der Waals surface area contributed by atoms with Gasteiger partial charge >= 0.3 is 0 Å². The topological polar surface area (TPSA) is 57.8 Å². The number of aromatic nitrogens is 2. The molecule has 7 heteroatoms. The lowest BCUT2D eigenvalue weighted by atomic mass is 9.90. The smallest absolute Gasteiger partial charge is 0.251 e. The zero-order valence-electron chi connectivity index (χ0n) is 16.8. The van der Waals surface area contributed by atoms with Crippen LogP contribution in [0.4, 0.5) is 15.2 Å². The molecule has 0 aliphatic rings. The summed E-state index contributed by atoms with van der Waals surface area (Å²) in [4.78, 5) is 21.3. The summed E-state index contributed by atoms with van der Waals surface area (Å²) >= 11 is 7.24. The van der Waals surface area contributed by atoms with E-state index in [0.29, 0.717) is 22.8 Å². The van der Waals surface area contributed by atoms with Crippen molar-refractivity contribution in [3.8, 4) is 0 Å². The number of thiazole rings is 1. The molecule has 0 spiro atoms. The number of benzene rings is 2. The summed E-state index contributed by atoms with van der Waals surface area (Å²) in [6.07, 6.45) is 0.473. The summed E-state index contributed by atoms with van der Waals surface area (Å²) in [6, 6.07) is 14.2. The molecule has 4 aromatic rings. The first-order valence-corrected chi connectivity index (χ1v) is 10.7. The molecule has 0 unspecified atom stereocenters. The Labute approximate surface area is 182 Å². The number of rotatable bonds is 4. The molecule has 0 fully saturated rings. The molecule has 4 nitrogen and oxygen atoms in total. The number of para-hydroxylation sites is 1. The van der Waals surface area contributed by atoms with Crippen LogP contribution in [0.2, 0.25) is 5.02 Å². The van der Waals surface area contributed by atoms with E-state index in [4.69, 9.17) is 16.6 Å². The Bertz CT molecular complexity index is 1290. The first-order valence-electron chi connectivity index (χ1n) is 9.54. The van der Waals surface area contributed by atoms with Crippen molar-refractivity contribution in [2.75, 3.05) is 5.32 Å². The molecule has 0 saturated heterocycles. The van der Waals surface area contributed by atoms with E-state index in [9.17, 15) is 9.18 Å². The first-order chi connectivity index (χ1) is 14.2. The van der Waals surface area contributed by atoms with E-state index < -0.39 is 5.82 Å². The lowest BCUT2D eigenvalue weighted by Crippen LogP contribution is -2.17. The van der Waals surface area contributed by atoms with Crippen LogP contribution in [-0.2, 0) is 11.8 Å². The zero-order chi connectivity index (χ0) is 21.5. The predicted octanol–water partition coefficient (Wildman–Crippen LogP) is 6.41. The van der Waals surface area contributed by atoms with Gasteiger partial charge in [-0.2, -0.15) is 0 Å². The second-order valence-electron chi connectivity index (χ2n) is 8.18. The van der Waals surface area contributed by atoms with Gasteiger partial charge in [-0.3, -0.25) is 4.79 Å². The van der Waals surface area contributed by atoms with Gasteiger partial charge in [-0.1, -0.05) is 50.6 Å². The van der Waals surface area contributed by atoms with E-state index in [0.717, 1.165) is 21.5 Å². The second kappa shape index (κ2) is 7.85. The second-order valence-corrected chi connectivity index (χ2v) is 9.67. The maximum atomic E-state index is 13.8. The Morgan fingerprint density at radius 2 is 1.93 bits per heavy atom. The van der Waals surface area contributed by atoms with Crippen molar-refractivity contribution >= 4 is 44.7 Å². The Morgan fingerprint density at radius 1 is 1.17 bits per heavy atom. The molecule has 30 heavy (non-hydrogen) atoms. The fraction of sp³-hybridized carbons (Fsp3) is 0.217. The van der Waals surface area contributed by atoms with Gasteiger partial charge in [0.25, 0.3) is 5.56 Å². The molecule has 0 aliphatic heterocycles. The third-order valence-electron chi connectivity index (χ3n) is 4.76. The number of nitrogens with zero attached hydrogens (tertiary/aromatic N) is 1. The maximum absolute atomic E-state index is 13.8. The number of hydrogen-bond acceptors (Lipinski definition) is 4. The summed E-state index contributed by atoms with van der Waals surface area (Å²) in [5.41, 5.74) is 2.68. The third-order valence-corrected chi connectivity index (χ3v) is 6.04. The van der Waals surface area contributed by atoms with Gasteiger partial charge in [0.1, 0.15) is 5.82 Å². The molecule has 4 rings (SSSR count). The van der Waals surface area contributed by atoms with Crippen molar-refractivity contribution in [2.45, 2.75) is 32.6 Å². The Balaban J connectivity index is 1.71. The van der Waals surface area contributed by atoms with Gasteiger partial charge in [0.2, 0.25) is 0 Å². The Morgan fingerprint density at radius 3 is 2.67 bits per heavy atom. The average Bonchev–Trinajstić information content (AvgIpc) is 3.08. The van der Waals surface area contributed by atoms with Crippen LogP contribution < -0.4 is 10.9 Å².